The van der Waals surface area contributed by atoms with Crippen LogP contribution in [0.3, 0.4) is 0 Å². The zero-order valence-corrected chi connectivity index (χ0v) is 7.81. The smallest absolute Gasteiger partial charge is 0.252 e. The molecule has 0 aromatic heterocycles. The summed E-state index contributed by atoms with van der Waals surface area (Å²) in [5, 5.41) is 0. The first-order valence-electron chi connectivity index (χ1n) is 4.36. The highest BCUT2D eigenvalue weighted by Crippen LogP contribution is 2.19. The fraction of sp³-hybridized carbons (Fsp3) is 0.875. The van der Waals surface area contributed by atoms with Gasteiger partial charge in [0.2, 0.25) is 0 Å². The molecule has 0 aromatic carbocycles. The molecular formula is C8H13NO2S. The van der Waals surface area contributed by atoms with Crippen molar-refractivity contribution in [1.29, 1.82) is 0 Å². The van der Waals surface area contributed by atoms with E-state index in [9.17, 15) is 4.79 Å². The van der Waals surface area contributed by atoms with Crippen molar-refractivity contribution in [2.24, 2.45) is 0 Å². The van der Waals surface area contributed by atoms with Crippen LogP contribution in [0.4, 0.5) is 0 Å². The van der Waals surface area contributed by atoms with E-state index in [0.29, 0.717) is 0 Å². The molecular weight excluding hydrogens is 174 g/mol. The number of hydrogen-bond donors (Lipinski definition) is 0. The summed E-state index contributed by atoms with van der Waals surface area (Å²) in [6.45, 7) is 1.67. The van der Waals surface area contributed by atoms with Gasteiger partial charge in [0.1, 0.15) is 6.10 Å². The standard InChI is InChI=1S/C8H13NO2S/c10-8(7-2-1-4-11-7)9-3-5-12-6-9/h7H,1-6H2. The molecule has 3 nitrogen and oxygen atoms in total. The Morgan fingerprint density at radius 1 is 1.58 bits per heavy atom. The topological polar surface area (TPSA) is 29.5 Å². The van der Waals surface area contributed by atoms with Crippen molar-refractivity contribution in [3.63, 3.8) is 0 Å². The van der Waals surface area contributed by atoms with Gasteiger partial charge in [0.25, 0.3) is 5.91 Å². The van der Waals surface area contributed by atoms with Crippen LogP contribution < -0.4 is 0 Å². The molecule has 68 valence electrons. The highest BCUT2D eigenvalue weighted by Gasteiger charge is 2.29. The van der Waals surface area contributed by atoms with Gasteiger partial charge in [-0.15, -0.1) is 11.8 Å². The largest absolute Gasteiger partial charge is 0.368 e. The minimum atomic E-state index is -0.122. The average molecular weight is 187 g/mol. The summed E-state index contributed by atoms with van der Waals surface area (Å²) in [4.78, 5) is 13.5. The van der Waals surface area contributed by atoms with E-state index < -0.39 is 0 Å². The summed E-state index contributed by atoms with van der Waals surface area (Å²) < 4.78 is 5.33. The molecule has 12 heavy (non-hydrogen) atoms. The molecule has 1 atom stereocenters. The molecule has 0 N–H and O–H groups in total. The number of hydrogen-bond acceptors (Lipinski definition) is 3. The molecule has 0 aliphatic carbocycles. The predicted octanol–water partition coefficient (Wildman–Crippen LogP) is 0.698. The van der Waals surface area contributed by atoms with Gasteiger partial charge in [-0.05, 0) is 12.8 Å². The van der Waals surface area contributed by atoms with Crippen molar-refractivity contribution in [1.82, 2.24) is 4.90 Å². The van der Waals surface area contributed by atoms with Gasteiger partial charge in [0.15, 0.2) is 0 Å². The molecule has 2 heterocycles. The third kappa shape index (κ3) is 1.59. The summed E-state index contributed by atoms with van der Waals surface area (Å²) in [5.41, 5.74) is 0. The number of ether oxygens (including phenoxy) is 1. The van der Waals surface area contributed by atoms with Gasteiger partial charge in [-0.25, -0.2) is 0 Å². The Kier molecular flexibility index (Phi) is 2.56. The summed E-state index contributed by atoms with van der Waals surface area (Å²) in [6.07, 6.45) is 1.83. The van der Waals surface area contributed by atoms with E-state index in [1.54, 1.807) is 0 Å². The number of carbonyl (C=O) groups excluding carboxylic acids is 1. The first-order chi connectivity index (χ1) is 5.88. The van der Waals surface area contributed by atoms with E-state index in [2.05, 4.69) is 0 Å². The van der Waals surface area contributed by atoms with Crippen molar-refractivity contribution in [3.05, 3.63) is 0 Å². The van der Waals surface area contributed by atoms with Crippen LogP contribution in [0.15, 0.2) is 0 Å². The Morgan fingerprint density at radius 3 is 3.08 bits per heavy atom. The summed E-state index contributed by atoms with van der Waals surface area (Å²) in [6, 6.07) is 0. The van der Waals surface area contributed by atoms with Gasteiger partial charge in [0, 0.05) is 18.9 Å². The van der Waals surface area contributed by atoms with Crippen molar-refractivity contribution in [2.75, 3.05) is 24.8 Å². The molecule has 4 heteroatoms. The van der Waals surface area contributed by atoms with Gasteiger partial charge in [-0.2, -0.15) is 0 Å². The highest BCUT2D eigenvalue weighted by molar-refractivity contribution is 7.99. The number of amides is 1. The van der Waals surface area contributed by atoms with E-state index in [-0.39, 0.29) is 12.0 Å². The lowest BCUT2D eigenvalue weighted by Crippen LogP contribution is -2.36. The zero-order valence-electron chi connectivity index (χ0n) is 6.99. The highest BCUT2D eigenvalue weighted by atomic mass is 32.2. The molecule has 0 bridgehead atoms. The summed E-state index contributed by atoms with van der Waals surface area (Å²) in [5.74, 6) is 2.15. The van der Waals surface area contributed by atoms with Crippen LogP contribution in [0.5, 0.6) is 0 Å². The van der Waals surface area contributed by atoms with Crippen LogP contribution in [-0.2, 0) is 9.53 Å². The lowest BCUT2D eigenvalue weighted by Gasteiger charge is -2.18. The minimum absolute atomic E-state index is 0.122. The minimum Gasteiger partial charge on any atom is -0.368 e. The Labute approximate surface area is 76.4 Å². The summed E-state index contributed by atoms with van der Waals surface area (Å²) in [7, 11) is 0. The summed E-state index contributed by atoms with van der Waals surface area (Å²) >= 11 is 1.82. The maximum Gasteiger partial charge on any atom is 0.252 e. The third-order valence-corrected chi connectivity index (χ3v) is 3.23. The Bertz CT molecular complexity index is 156. The van der Waals surface area contributed by atoms with Crippen LogP contribution >= 0.6 is 11.8 Å². The van der Waals surface area contributed by atoms with E-state index >= 15 is 0 Å². The molecule has 1 amide bonds. The maximum atomic E-state index is 11.6. The molecule has 0 radical (unpaired) electrons. The first kappa shape index (κ1) is 8.38. The zero-order chi connectivity index (χ0) is 8.39. The van der Waals surface area contributed by atoms with E-state index in [4.69, 9.17) is 4.74 Å². The molecule has 1 unspecified atom stereocenters. The molecule has 2 aliphatic heterocycles. The molecule has 2 fully saturated rings. The molecule has 2 saturated heterocycles. The lowest BCUT2D eigenvalue weighted by molar-refractivity contribution is -0.139. The Morgan fingerprint density at radius 2 is 2.50 bits per heavy atom. The fourth-order valence-corrected chi connectivity index (χ4v) is 2.52. The normalized spacial score (nSPS) is 29.7. The first-order valence-corrected chi connectivity index (χ1v) is 5.51. The predicted molar refractivity (Wildman–Crippen MR) is 48.0 cm³/mol. The van der Waals surface area contributed by atoms with Crippen LogP contribution in [0.25, 0.3) is 0 Å². The van der Waals surface area contributed by atoms with Gasteiger partial charge in [-0.3, -0.25) is 4.79 Å². The van der Waals surface area contributed by atoms with E-state index in [0.717, 1.165) is 37.6 Å². The maximum absolute atomic E-state index is 11.6. The van der Waals surface area contributed by atoms with Crippen molar-refractivity contribution in [3.8, 4) is 0 Å². The van der Waals surface area contributed by atoms with Crippen LogP contribution in [0.1, 0.15) is 12.8 Å². The Hall–Kier alpha value is -0.220. The van der Waals surface area contributed by atoms with Crippen LogP contribution in [0, 0.1) is 0 Å². The second kappa shape index (κ2) is 3.66. The monoisotopic (exact) mass is 187 g/mol. The molecule has 0 spiro atoms. The number of nitrogens with zero attached hydrogens (tertiary/aromatic N) is 1. The molecule has 2 rings (SSSR count). The second-order valence-electron chi connectivity index (χ2n) is 3.14. The van der Waals surface area contributed by atoms with Gasteiger partial charge >= 0.3 is 0 Å². The SMILES string of the molecule is O=C(C1CCCO1)N1CCSC1. The van der Waals surface area contributed by atoms with Gasteiger partial charge < -0.3 is 9.64 Å². The van der Waals surface area contributed by atoms with E-state index in [1.165, 1.54) is 0 Å². The van der Waals surface area contributed by atoms with Crippen molar-refractivity contribution >= 4 is 17.7 Å². The Balaban J connectivity index is 1.89. The van der Waals surface area contributed by atoms with E-state index in [1.807, 2.05) is 16.7 Å². The molecule has 0 aromatic rings. The average Bonchev–Trinajstić information content (AvgIpc) is 2.77. The lowest BCUT2D eigenvalue weighted by atomic mass is 10.2. The third-order valence-electron chi connectivity index (χ3n) is 2.27. The van der Waals surface area contributed by atoms with Crippen LogP contribution in [-0.4, -0.2) is 41.7 Å². The molecule has 2 aliphatic rings. The number of rotatable bonds is 1. The number of thioether (sulfide) groups is 1. The molecule has 0 saturated carbocycles. The second-order valence-corrected chi connectivity index (χ2v) is 4.22. The van der Waals surface area contributed by atoms with Gasteiger partial charge in [0.05, 0.1) is 5.88 Å². The fourth-order valence-electron chi connectivity index (χ4n) is 1.56. The quantitative estimate of drug-likeness (QED) is 0.605. The van der Waals surface area contributed by atoms with Crippen molar-refractivity contribution in [2.45, 2.75) is 18.9 Å². The number of carbonyl (C=O) groups is 1. The van der Waals surface area contributed by atoms with Gasteiger partial charge in [-0.1, -0.05) is 0 Å². The van der Waals surface area contributed by atoms with Crippen LogP contribution in [0.2, 0.25) is 0 Å². The van der Waals surface area contributed by atoms with Crippen molar-refractivity contribution < 1.29 is 9.53 Å².